The summed E-state index contributed by atoms with van der Waals surface area (Å²) in [7, 11) is 0. The smallest absolute Gasteiger partial charge is 0.185 e. The number of aldehydes is 1. The van der Waals surface area contributed by atoms with E-state index in [2.05, 4.69) is 9.97 Å². The van der Waals surface area contributed by atoms with Crippen molar-refractivity contribution in [3.63, 3.8) is 0 Å². The lowest BCUT2D eigenvalue weighted by atomic mass is 10.4. The zero-order valence-electron chi connectivity index (χ0n) is 7.67. The van der Waals surface area contributed by atoms with Crippen LogP contribution in [-0.2, 0) is 6.54 Å². The summed E-state index contributed by atoms with van der Waals surface area (Å²) in [6.45, 7) is 2.57. The molecular weight excluding hydrogens is 198 g/mol. The highest BCUT2D eigenvalue weighted by molar-refractivity contribution is 7.09. The SMILES string of the molecule is Cc1nc(Cn2ccnc2C=O)cs1. The molecule has 2 aromatic rings. The fourth-order valence-electron chi connectivity index (χ4n) is 1.23. The third kappa shape index (κ3) is 1.72. The van der Waals surface area contributed by atoms with Gasteiger partial charge in [0.15, 0.2) is 12.1 Å². The predicted octanol–water partition coefficient (Wildman–Crippen LogP) is 1.51. The molecule has 4 nitrogen and oxygen atoms in total. The number of thiazole rings is 1. The average Bonchev–Trinajstić information content (AvgIpc) is 2.76. The van der Waals surface area contributed by atoms with Gasteiger partial charge in [-0.1, -0.05) is 0 Å². The fourth-order valence-corrected chi connectivity index (χ4v) is 1.83. The zero-order chi connectivity index (χ0) is 9.97. The van der Waals surface area contributed by atoms with Gasteiger partial charge in [0.05, 0.1) is 17.2 Å². The maximum atomic E-state index is 10.6. The van der Waals surface area contributed by atoms with Crippen LogP contribution in [-0.4, -0.2) is 20.8 Å². The normalized spacial score (nSPS) is 10.4. The van der Waals surface area contributed by atoms with Gasteiger partial charge in [-0.05, 0) is 6.92 Å². The minimum atomic E-state index is 0.440. The van der Waals surface area contributed by atoms with Crippen molar-refractivity contribution in [2.45, 2.75) is 13.5 Å². The minimum Gasteiger partial charge on any atom is -0.323 e. The molecule has 0 fully saturated rings. The van der Waals surface area contributed by atoms with Gasteiger partial charge >= 0.3 is 0 Å². The third-order valence-corrected chi connectivity index (χ3v) is 2.67. The van der Waals surface area contributed by atoms with E-state index in [4.69, 9.17) is 0 Å². The van der Waals surface area contributed by atoms with E-state index in [-0.39, 0.29) is 0 Å². The molecule has 5 heteroatoms. The molecule has 2 heterocycles. The largest absolute Gasteiger partial charge is 0.323 e. The minimum absolute atomic E-state index is 0.440. The lowest BCUT2D eigenvalue weighted by Crippen LogP contribution is -2.03. The van der Waals surface area contributed by atoms with E-state index < -0.39 is 0 Å². The van der Waals surface area contributed by atoms with E-state index in [0.717, 1.165) is 17.0 Å². The molecule has 0 radical (unpaired) electrons. The second kappa shape index (κ2) is 3.71. The summed E-state index contributed by atoms with van der Waals surface area (Å²) in [5.41, 5.74) is 0.966. The first-order valence-corrected chi connectivity index (χ1v) is 5.05. The van der Waals surface area contributed by atoms with Gasteiger partial charge in [0.2, 0.25) is 0 Å². The van der Waals surface area contributed by atoms with Crippen LogP contribution in [0.15, 0.2) is 17.8 Å². The Morgan fingerprint density at radius 1 is 1.64 bits per heavy atom. The van der Waals surface area contributed by atoms with Crippen LogP contribution >= 0.6 is 11.3 Å². The first-order chi connectivity index (χ1) is 6.79. The molecule has 0 atom stereocenters. The van der Waals surface area contributed by atoms with Gasteiger partial charge in [-0.25, -0.2) is 9.97 Å². The molecule has 72 valence electrons. The molecule has 0 aliphatic heterocycles. The number of nitrogens with zero attached hydrogens (tertiary/aromatic N) is 3. The Bertz CT molecular complexity index is 446. The molecule has 0 unspecified atom stereocenters. The van der Waals surface area contributed by atoms with Gasteiger partial charge in [0.25, 0.3) is 0 Å². The quantitative estimate of drug-likeness (QED) is 0.717. The van der Waals surface area contributed by atoms with Crippen LogP contribution in [0.25, 0.3) is 0 Å². The van der Waals surface area contributed by atoms with Crippen molar-refractivity contribution in [3.05, 3.63) is 34.3 Å². The summed E-state index contributed by atoms with van der Waals surface area (Å²) in [5.74, 6) is 0.440. The molecule has 2 rings (SSSR count). The number of hydrogen-bond acceptors (Lipinski definition) is 4. The first kappa shape index (κ1) is 9.08. The molecule has 0 saturated heterocycles. The highest BCUT2D eigenvalue weighted by Gasteiger charge is 2.03. The van der Waals surface area contributed by atoms with Gasteiger partial charge < -0.3 is 4.57 Å². The fraction of sp³-hybridized carbons (Fsp3) is 0.222. The van der Waals surface area contributed by atoms with Gasteiger partial charge in [0, 0.05) is 17.8 Å². The van der Waals surface area contributed by atoms with Crippen LogP contribution in [0.5, 0.6) is 0 Å². The highest BCUT2D eigenvalue weighted by atomic mass is 32.1. The van der Waals surface area contributed by atoms with Crippen molar-refractivity contribution in [2.75, 3.05) is 0 Å². The first-order valence-electron chi connectivity index (χ1n) is 4.17. The Morgan fingerprint density at radius 3 is 3.14 bits per heavy atom. The van der Waals surface area contributed by atoms with Crippen molar-refractivity contribution < 1.29 is 4.79 Å². The topological polar surface area (TPSA) is 47.8 Å². The van der Waals surface area contributed by atoms with Crippen LogP contribution in [0.1, 0.15) is 21.3 Å². The molecule has 14 heavy (non-hydrogen) atoms. The number of hydrogen-bond donors (Lipinski definition) is 0. The lowest BCUT2D eigenvalue weighted by Gasteiger charge is -1.99. The molecule has 0 aliphatic carbocycles. The van der Waals surface area contributed by atoms with Crippen molar-refractivity contribution in [3.8, 4) is 0 Å². The van der Waals surface area contributed by atoms with Gasteiger partial charge in [-0.3, -0.25) is 4.79 Å². The number of aryl methyl sites for hydroxylation is 1. The molecule has 0 amide bonds. The van der Waals surface area contributed by atoms with Crippen LogP contribution < -0.4 is 0 Å². The van der Waals surface area contributed by atoms with E-state index in [1.54, 1.807) is 28.3 Å². The lowest BCUT2D eigenvalue weighted by molar-refractivity contribution is 0.111. The van der Waals surface area contributed by atoms with Gasteiger partial charge in [-0.2, -0.15) is 0 Å². The van der Waals surface area contributed by atoms with Crippen LogP contribution in [0.2, 0.25) is 0 Å². The summed E-state index contributed by atoms with van der Waals surface area (Å²) in [4.78, 5) is 18.8. The summed E-state index contributed by atoms with van der Waals surface area (Å²) < 4.78 is 1.78. The maximum absolute atomic E-state index is 10.6. The van der Waals surface area contributed by atoms with E-state index in [1.165, 1.54) is 0 Å². The Kier molecular flexibility index (Phi) is 2.41. The highest BCUT2D eigenvalue weighted by Crippen LogP contribution is 2.09. The van der Waals surface area contributed by atoms with Crippen LogP contribution in [0, 0.1) is 6.92 Å². The van der Waals surface area contributed by atoms with Crippen LogP contribution in [0.3, 0.4) is 0 Å². The van der Waals surface area contributed by atoms with E-state index in [9.17, 15) is 4.79 Å². The second-order valence-corrected chi connectivity index (χ2v) is 3.95. The Balaban J connectivity index is 2.22. The van der Waals surface area contributed by atoms with Crippen LogP contribution in [0.4, 0.5) is 0 Å². The molecular formula is C9H9N3OS. The van der Waals surface area contributed by atoms with Crippen molar-refractivity contribution in [1.29, 1.82) is 0 Å². The molecule has 0 aliphatic rings. The number of rotatable bonds is 3. The molecule has 0 bridgehead atoms. The Morgan fingerprint density at radius 2 is 2.50 bits per heavy atom. The third-order valence-electron chi connectivity index (χ3n) is 1.85. The molecule has 0 saturated carbocycles. The molecule has 0 aromatic carbocycles. The Hall–Kier alpha value is -1.49. The summed E-state index contributed by atoms with van der Waals surface area (Å²) >= 11 is 1.61. The number of imidazole rings is 1. The van der Waals surface area contributed by atoms with Gasteiger partial charge in [0.1, 0.15) is 0 Å². The van der Waals surface area contributed by atoms with E-state index >= 15 is 0 Å². The van der Waals surface area contributed by atoms with E-state index in [0.29, 0.717) is 12.4 Å². The average molecular weight is 207 g/mol. The number of carbonyl (C=O) groups excluding carboxylic acids is 1. The summed E-state index contributed by atoms with van der Waals surface area (Å²) in [5, 5.41) is 3.02. The summed E-state index contributed by atoms with van der Waals surface area (Å²) in [6.07, 6.45) is 4.14. The van der Waals surface area contributed by atoms with Crippen molar-refractivity contribution >= 4 is 17.6 Å². The predicted molar refractivity (Wildman–Crippen MR) is 53.6 cm³/mol. The van der Waals surface area contributed by atoms with E-state index in [1.807, 2.05) is 12.3 Å². The summed E-state index contributed by atoms with van der Waals surface area (Å²) in [6, 6.07) is 0. The van der Waals surface area contributed by atoms with Gasteiger partial charge in [-0.15, -0.1) is 11.3 Å². The second-order valence-electron chi connectivity index (χ2n) is 2.89. The Labute approximate surface area is 85.2 Å². The molecule has 0 N–H and O–H groups in total. The standard InChI is InChI=1S/C9H9N3OS/c1-7-11-8(6-14-7)4-12-3-2-10-9(12)5-13/h2-3,5-6H,4H2,1H3. The van der Waals surface area contributed by atoms with Crippen molar-refractivity contribution in [2.24, 2.45) is 0 Å². The monoisotopic (exact) mass is 207 g/mol. The number of carbonyl (C=O) groups is 1. The van der Waals surface area contributed by atoms with Crippen molar-refractivity contribution in [1.82, 2.24) is 14.5 Å². The molecule has 0 spiro atoms. The zero-order valence-corrected chi connectivity index (χ0v) is 8.49. The molecule has 2 aromatic heterocycles. The number of aromatic nitrogens is 3. The maximum Gasteiger partial charge on any atom is 0.185 e.